The summed E-state index contributed by atoms with van der Waals surface area (Å²) in [7, 11) is 2.26. The molecular weight excluding hydrogens is 254 g/mol. The number of hydrogen-bond donors (Lipinski definition) is 0. The Labute approximate surface area is 129 Å². The molecule has 0 spiro atoms. The van der Waals surface area contributed by atoms with E-state index in [4.69, 9.17) is 0 Å². The van der Waals surface area contributed by atoms with Crippen LogP contribution < -0.4 is 0 Å². The molecule has 0 amide bonds. The molecule has 0 radical (unpaired) electrons. The zero-order valence-corrected chi connectivity index (χ0v) is 13.8. The van der Waals surface area contributed by atoms with Gasteiger partial charge < -0.3 is 4.90 Å². The van der Waals surface area contributed by atoms with Crippen LogP contribution in [0, 0.1) is 19.8 Å². The van der Waals surface area contributed by atoms with E-state index in [1.54, 1.807) is 5.56 Å². The van der Waals surface area contributed by atoms with Crippen molar-refractivity contribution >= 4 is 0 Å². The number of piperidine rings is 1. The monoisotopic (exact) mass is 281 g/mol. The summed E-state index contributed by atoms with van der Waals surface area (Å²) in [6, 6.07) is 7.32. The second-order valence-electron chi connectivity index (χ2n) is 7.11. The van der Waals surface area contributed by atoms with E-state index in [0.29, 0.717) is 12.0 Å². The van der Waals surface area contributed by atoms with Crippen LogP contribution in [0.4, 0.5) is 0 Å². The van der Waals surface area contributed by atoms with Gasteiger partial charge in [-0.05, 0) is 63.9 Å². The number of hydrogen-bond acceptors (Lipinski definition) is 1. The molecular formula is C20H27N. The van der Waals surface area contributed by atoms with Crippen molar-refractivity contribution in [3.8, 4) is 0 Å². The van der Waals surface area contributed by atoms with Crippen molar-refractivity contribution in [2.45, 2.75) is 45.1 Å². The molecule has 3 unspecified atom stereocenters. The maximum atomic E-state index is 4.28. The number of nitrogens with zero attached hydrogens (tertiary/aromatic N) is 1. The molecule has 112 valence electrons. The van der Waals surface area contributed by atoms with Crippen LogP contribution >= 0.6 is 0 Å². The molecule has 2 aliphatic rings. The first-order chi connectivity index (χ1) is 9.95. The van der Waals surface area contributed by atoms with E-state index in [2.05, 4.69) is 69.6 Å². The van der Waals surface area contributed by atoms with Crippen molar-refractivity contribution in [3.63, 3.8) is 0 Å². The molecule has 1 aliphatic heterocycles. The van der Waals surface area contributed by atoms with Gasteiger partial charge in [-0.25, -0.2) is 0 Å². The average Bonchev–Trinajstić information content (AvgIpc) is 2.43. The van der Waals surface area contributed by atoms with Gasteiger partial charge in [0.15, 0.2) is 0 Å². The van der Waals surface area contributed by atoms with Crippen molar-refractivity contribution in [3.05, 3.63) is 59.2 Å². The van der Waals surface area contributed by atoms with E-state index in [9.17, 15) is 0 Å². The third-order valence-corrected chi connectivity index (χ3v) is 5.82. The van der Waals surface area contributed by atoms with Gasteiger partial charge in [0, 0.05) is 17.4 Å². The van der Waals surface area contributed by atoms with Crippen LogP contribution in [0.1, 0.15) is 36.5 Å². The highest BCUT2D eigenvalue weighted by atomic mass is 15.1. The largest absolute Gasteiger partial charge is 0.303 e. The lowest BCUT2D eigenvalue weighted by Gasteiger charge is -2.53. The number of rotatable bonds is 1. The quantitative estimate of drug-likeness (QED) is 0.737. The lowest BCUT2D eigenvalue weighted by atomic mass is 9.57. The van der Waals surface area contributed by atoms with Gasteiger partial charge in [0.2, 0.25) is 0 Å². The molecule has 1 aliphatic carbocycles. The summed E-state index contributed by atoms with van der Waals surface area (Å²) in [6.45, 7) is 12.4. The third-order valence-electron chi connectivity index (χ3n) is 5.82. The van der Waals surface area contributed by atoms with Gasteiger partial charge in [0.05, 0.1) is 0 Å². The second kappa shape index (κ2) is 5.14. The normalized spacial score (nSPS) is 33.0. The lowest BCUT2D eigenvalue weighted by Crippen LogP contribution is -2.54. The number of allylic oxidation sites excluding steroid dienone is 2. The minimum atomic E-state index is 0.243. The van der Waals surface area contributed by atoms with Crippen LogP contribution in [0.5, 0.6) is 0 Å². The summed E-state index contributed by atoms with van der Waals surface area (Å²) >= 11 is 0. The number of aryl methyl sites for hydroxylation is 2. The molecule has 0 aromatic heterocycles. The van der Waals surface area contributed by atoms with Crippen molar-refractivity contribution in [1.29, 1.82) is 0 Å². The zero-order chi connectivity index (χ0) is 15.2. The van der Waals surface area contributed by atoms with Crippen LogP contribution in [-0.2, 0) is 5.41 Å². The van der Waals surface area contributed by atoms with Gasteiger partial charge >= 0.3 is 0 Å². The standard InChI is InChI=1S/C20H27N/c1-14-9-10-18-17(4)21(5)12-11-20(18,13-14)19-15(2)7-6-8-16(19)3/h6-10,17-18H,1,11-13H2,2-5H3. The fraction of sp³-hybridized carbons (Fsp3) is 0.500. The molecule has 1 aromatic carbocycles. The van der Waals surface area contributed by atoms with Crippen LogP contribution in [0.25, 0.3) is 0 Å². The van der Waals surface area contributed by atoms with E-state index in [1.807, 2.05) is 0 Å². The molecule has 1 fully saturated rings. The Hall–Kier alpha value is -1.34. The number of fused-ring (bicyclic) bond motifs is 1. The zero-order valence-electron chi connectivity index (χ0n) is 13.8. The van der Waals surface area contributed by atoms with E-state index >= 15 is 0 Å². The summed E-state index contributed by atoms with van der Waals surface area (Å²) in [5, 5.41) is 0. The van der Waals surface area contributed by atoms with Crippen molar-refractivity contribution in [2.75, 3.05) is 13.6 Å². The van der Waals surface area contributed by atoms with E-state index < -0.39 is 0 Å². The molecule has 3 atom stereocenters. The van der Waals surface area contributed by atoms with Gasteiger partial charge in [-0.1, -0.05) is 42.5 Å². The van der Waals surface area contributed by atoms with Crippen LogP contribution in [-0.4, -0.2) is 24.5 Å². The van der Waals surface area contributed by atoms with Crippen LogP contribution in [0.15, 0.2) is 42.5 Å². The van der Waals surface area contributed by atoms with Crippen LogP contribution in [0.2, 0.25) is 0 Å². The van der Waals surface area contributed by atoms with Gasteiger partial charge in [-0.3, -0.25) is 0 Å². The maximum Gasteiger partial charge on any atom is 0.0135 e. The van der Waals surface area contributed by atoms with Crippen LogP contribution in [0.3, 0.4) is 0 Å². The average molecular weight is 281 g/mol. The van der Waals surface area contributed by atoms with Crippen molar-refractivity contribution in [2.24, 2.45) is 5.92 Å². The minimum Gasteiger partial charge on any atom is -0.303 e. The Morgan fingerprint density at radius 3 is 2.57 bits per heavy atom. The first-order valence-electron chi connectivity index (χ1n) is 8.08. The van der Waals surface area contributed by atoms with E-state index in [0.717, 1.165) is 6.42 Å². The highest BCUT2D eigenvalue weighted by Gasteiger charge is 2.48. The minimum absolute atomic E-state index is 0.243. The first-order valence-corrected chi connectivity index (χ1v) is 8.08. The fourth-order valence-electron chi connectivity index (χ4n) is 4.72. The third kappa shape index (κ3) is 2.19. The topological polar surface area (TPSA) is 3.24 Å². The Balaban J connectivity index is 2.20. The fourth-order valence-corrected chi connectivity index (χ4v) is 4.72. The van der Waals surface area contributed by atoms with Gasteiger partial charge in [0.25, 0.3) is 0 Å². The summed E-state index contributed by atoms with van der Waals surface area (Å²) in [5.41, 5.74) is 6.00. The molecule has 1 saturated heterocycles. The lowest BCUT2D eigenvalue weighted by molar-refractivity contribution is 0.0768. The predicted octanol–water partition coefficient (Wildman–Crippen LogP) is 4.40. The Morgan fingerprint density at radius 1 is 1.24 bits per heavy atom. The second-order valence-corrected chi connectivity index (χ2v) is 7.11. The van der Waals surface area contributed by atoms with Crippen molar-refractivity contribution < 1.29 is 0 Å². The first kappa shape index (κ1) is 14.6. The summed E-state index contributed by atoms with van der Waals surface area (Å²) < 4.78 is 0. The van der Waals surface area contributed by atoms with E-state index in [1.165, 1.54) is 29.7 Å². The smallest absolute Gasteiger partial charge is 0.0135 e. The molecule has 1 heterocycles. The van der Waals surface area contributed by atoms with Gasteiger partial charge in [-0.2, -0.15) is 0 Å². The SMILES string of the molecule is C=C1C=CC2C(C)N(C)CCC2(c2c(C)cccc2C)C1. The summed E-state index contributed by atoms with van der Waals surface area (Å²) in [4.78, 5) is 2.51. The van der Waals surface area contributed by atoms with Gasteiger partial charge in [0.1, 0.15) is 0 Å². The molecule has 1 heteroatoms. The number of benzene rings is 1. The Kier molecular flexibility index (Phi) is 3.57. The Bertz CT molecular complexity index is 578. The number of likely N-dealkylation sites (tertiary alicyclic amines) is 1. The summed E-state index contributed by atoms with van der Waals surface area (Å²) in [5.74, 6) is 0.585. The van der Waals surface area contributed by atoms with Gasteiger partial charge in [-0.15, -0.1) is 0 Å². The summed E-state index contributed by atoms with van der Waals surface area (Å²) in [6.07, 6.45) is 7.02. The molecule has 1 nitrogen and oxygen atoms in total. The molecule has 3 rings (SSSR count). The highest BCUT2D eigenvalue weighted by Crippen LogP contribution is 2.51. The predicted molar refractivity (Wildman–Crippen MR) is 90.7 cm³/mol. The molecule has 0 saturated carbocycles. The van der Waals surface area contributed by atoms with Crippen molar-refractivity contribution in [1.82, 2.24) is 4.90 Å². The Morgan fingerprint density at radius 2 is 1.90 bits per heavy atom. The highest BCUT2D eigenvalue weighted by molar-refractivity contribution is 5.46. The molecule has 1 aromatic rings. The molecule has 0 N–H and O–H groups in total. The molecule has 0 bridgehead atoms. The maximum absolute atomic E-state index is 4.28. The molecule has 21 heavy (non-hydrogen) atoms. The van der Waals surface area contributed by atoms with E-state index in [-0.39, 0.29) is 5.41 Å².